The summed E-state index contributed by atoms with van der Waals surface area (Å²) in [5, 5.41) is 57.0. The number of hydrogen-bond acceptors (Lipinski definition) is 10. The van der Waals surface area contributed by atoms with Gasteiger partial charge < -0.3 is 45.1 Å². The quantitative estimate of drug-likeness (QED) is 0.0195. The number of hydrogen-bond donors (Lipinski definition) is 6. The van der Waals surface area contributed by atoms with Crippen LogP contribution in [-0.2, 0) is 23.8 Å². The lowest BCUT2D eigenvalue weighted by molar-refractivity contribution is -0.305. The van der Waals surface area contributed by atoms with Gasteiger partial charge in [-0.25, -0.2) is 0 Å². The third kappa shape index (κ3) is 45.2. The van der Waals surface area contributed by atoms with Crippen LogP contribution in [0.2, 0.25) is 0 Å². The number of aliphatic hydroxyl groups excluding tert-OH is 5. The number of unbranched alkanes of at least 4 members (excludes halogenated alkanes) is 33. The minimum Gasteiger partial charge on any atom is -0.454 e. The molecule has 1 heterocycles. The molecule has 81 heavy (non-hydrogen) atoms. The maximum atomic E-state index is 13.5. The summed E-state index contributed by atoms with van der Waals surface area (Å²) in [6, 6.07) is -1.04. The number of allylic oxidation sites excluding steroid dienone is 11. The van der Waals surface area contributed by atoms with E-state index in [1.807, 2.05) is 18.2 Å². The fourth-order valence-electron chi connectivity index (χ4n) is 10.3. The summed E-state index contributed by atoms with van der Waals surface area (Å²) < 4.78 is 17.6. The molecule has 6 N–H and O–H groups in total. The van der Waals surface area contributed by atoms with E-state index in [1.54, 1.807) is 6.08 Å². The van der Waals surface area contributed by atoms with Crippen molar-refractivity contribution in [2.24, 2.45) is 0 Å². The lowest BCUT2D eigenvalue weighted by atomic mass is 9.99. The molecule has 1 saturated heterocycles. The number of carbonyl (C=O) groups excluding carboxylic acids is 2. The zero-order valence-electron chi connectivity index (χ0n) is 52.1. The lowest BCUT2D eigenvalue weighted by Crippen LogP contribution is -2.61. The van der Waals surface area contributed by atoms with Crippen LogP contribution in [0.3, 0.4) is 0 Å². The van der Waals surface area contributed by atoms with Crippen molar-refractivity contribution in [1.82, 2.24) is 5.32 Å². The maximum absolute atomic E-state index is 13.5. The average molecular weight is 1140 g/mol. The molecular formula is C70H125NO10. The second-order valence-corrected chi connectivity index (χ2v) is 23.2. The highest BCUT2D eigenvalue weighted by Crippen LogP contribution is 2.26. The van der Waals surface area contributed by atoms with Crippen molar-refractivity contribution in [1.29, 1.82) is 0 Å². The monoisotopic (exact) mass is 1140 g/mol. The fraction of sp³-hybridized carbons (Fsp3) is 0.800. The largest absolute Gasteiger partial charge is 0.454 e. The van der Waals surface area contributed by atoms with Crippen molar-refractivity contribution in [2.75, 3.05) is 13.2 Å². The van der Waals surface area contributed by atoms with E-state index in [4.69, 9.17) is 14.2 Å². The smallest absolute Gasteiger partial charge is 0.306 e. The van der Waals surface area contributed by atoms with Gasteiger partial charge in [-0.15, -0.1) is 0 Å². The molecule has 0 spiro atoms. The molecule has 0 aromatic carbocycles. The van der Waals surface area contributed by atoms with Gasteiger partial charge in [0.05, 0.1) is 25.4 Å². The minimum atomic E-state index is -1.64. The Morgan fingerprint density at radius 1 is 0.494 bits per heavy atom. The molecule has 1 aliphatic rings. The summed E-state index contributed by atoms with van der Waals surface area (Å²) in [6.07, 6.45) is 63.9. The van der Waals surface area contributed by atoms with E-state index in [9.17, 15) is 35.1 Å². The summed E-state index contributed by atoms with van der Waals surface area (Å²) in [5.74, 6) is -1.25. The number of amides is 1. The lowest BCUT2D eigenvalue weighted by Gasteiger charge is -2.41. The molecule has 11 nitrogen and oxygen atoms in total. The first-order chi connectivity index (χ1) is 39.7. The van der Waals surface area contributed by atoms with Crippen LogP contribution in [0.15, 0.2) is 72.9 Å². The number of esters is 1. The number of nitrogens with one attached hydrogen (secondary N) is 1. The number of aliphatic hydroxyl groups is 5. The van der Waals surface area contributed by atoms with Crippen LogP contribution >= 0.6 is 0 Å². The maximum Gasteiger partial charge on any atom is 0.306 e. The Kier molecular flexibility index (Phi) is 54.1. The molecule has 0 aliphatic carbocycles. The van der Waals surface area contributed by atoms with Gasteiger partial charge in [0, 0.05) is 6.42 Å². The zero-order valence-corrected chi connectivity index (χ0v) is 52.1. The van der Waals surface area contributed by atoms with Crippen LogP contribution in [0.4, 0.5) is 0 Å². The van der Waals surface area contributed by atoms with Gasteiger partial charge in [-0.3, -0.25) is 9.59 Å². The molecule has 0 bridgehead atoms. The molecule has 0 aromatic heterocycles. The number of ether oxygens (including phenoxy) is 3. The van der Waals surface area contributed by atoms with Gasteiger partial charge in [0.2, 0.25) is 5.91 Å². The molecule has 1 rings (SSSR count). The normalized spacial score (nSPS) is 19.1. The molecule has 470 valence electrons. The zero-order chi connectivity index (χ0) is 58.9. The molecular weight excluding hydrogens is 1010 g/mol. The summed E-state index contributed by atoms with van der Waals surface area (Å²) in [4.78, 5) is 26.6. The minimum absolute atomic E-state index is 0.0441. The molecule has 8 atom stereocenters. The van der Waals surface area contributed by atoms with E-state index >= 15 is 0 Å². The first-order valence-electron chi connectivity index (χ1n) is 33.7. The predicted octanol–water partition coefficient (Wildman–Crippen LogP) is 16.7. The molecule has 8 unspecified atom stereocenters. The van der Waals surface area contributed by atoms with Crippen LogP contribution in [-0.4, -0.2) is 99.6 Å². The summed E-state index contributed by atoms with van der Waals surface area (Å²) in [6.45, 7) is 5.66. The van der Waals surface area contributed by atoms with Gasteiger partial charge in [-0.2, -0.15) is 0 Å². The van der Waals surface area contributed by atoms with Gasteiger partial charge in [0.25, 0.3) is 0 Å². The predicted molar refractivity (Wildman–Crippen MR) is 338 cm³/mol. The summed E-state index contributed by atoms with van der Waals surface area (Å²) in [5.41, 5.74) is 0. The molecule has 0 radical (unpaired) electrons. The van der Waals surface area contributed by atoms with Crippen LogP contribution in [0, 0.1) is 0 Å². The van der Waals surface area contributed by atoms with Crippen molar-refractivity contribution in [3.63, 3.8) is 0 Å². The van der Waals surface area contributed by atoms with Crippen molar-refractivity contribution < 1.29 is 49.3 Å². The van der Waals surface area contributed by atoms with Gasteiger partial charge >= 0.3 is 5.97 Å². The molecule has 11 heteroatoms. The Labute approximate surface area is 496 Å². The number of carbonyl (C=O) groups is 2. The van der Waals surface area contributed by atoms with Crippen molar-refractivity contribution in [3.05, 3.63) is 72.9 Å². The van der Waals surface area contributed by atoms with Crippen LogP contribution < -0.4 is 5.32 Å². The first kappa shape index (κ1) is 76.1. The van der Waals surface area contributed by atoms with Crippen molar-refractivity contribution in [2.45, 2.75) is 346 Å². The second kappa shape index (κ2) is 57.5. The van der Waals surface area contributed by atoms with Gasteiger partial charge in [0.1, 0.15) is 24.4 Å². The Morgan fingerprint density at radius 2 is 0.889 bits per heavy atom. The Hall–Kier alpha value is -2.90. The summed E-state index contributed by atoms with van der Waals surface area (Å²) >= 11 is 0. The van der Waals surface area contributed by atoms with Gasteiger partial charge in [-0.05, 0) is 64.2 Å². The SMILES string of the molecule is CC/C=C\C/C=C\C/C=C\C/C=C\C/C=C\CCCC(=O)OC1C(OCC(NC(=O)C(O)CCCCCCCCCCCCCCCCCCCCCCCCCC)C(O)/C=C/CCCCCCCCCCC)OC(CO)C(O)C1O. The summed E-state index contributed by atoms with van der Waals surface area (Å²) in [7, 11) is 0. The Balaban J connectivity index is 2.60. The van der Waals surface area contributed by atoms with E-state index in [1.165, 1.54) is 173 Å². The van der Waals surface area contributed by atoms with E-state index in [0.29, 0.717) is 19.3 Å². The average Bonchev–Trinajstić information content (AvgIpc) is 3.52. The van der Waals surface area contributed by atoms with E-state index < -0.39 is 67.4 Å². The first-order valence-corrected chi connectivity index (χ1v) is 33.7. The molecule has 1 fully saturated rings. The highest BCUT2D eigenvalue weighted by atomic mass is 16.7. The third-order valence-corrected chi connectivity index (χ3v) is 15.6. The number of rotatable bonds is 57. The van der Waals surface area contributed by atoms with E-state index in [2.05, 4.69) is 74.7 Å². The van der Waals surface area contributed by atoms with Gasteiger partial charge in [-0.1, -0.05) is 299 Å². The topological polar surface area (TPSA) is 175 Å². The highest BCUT2D eigenvalue weighted by Gasteiger charge is 2.47. The molecule has 1 amide bonds. The Morgan fingerprint density at radius 3 is 1.32 bits per heavy atom. The fourth-order valence-corrected chi connectivity index (χ4v) is 10.3. The second-order valence-electron chi connectivity index (χ2n) is 23.2. The molecule has 1 aliphatic heterocycles. The highest BCUT2D eigenvalue weighted by molar-refractivity contribution is 5.80. The molecule has 0 saturated carbocycles. The van der Waals surface area contributed by atoms with Crippen LogP contribution in [0.25, 0.3) is 0 Å². The van der Waals surface area contributed by atoms with Crippen LogP contribution in [0.1, 0.15) is 297 Å². The standard InChI is InChI=1S/C70H125NO10/c1-4-7-10-13-16-19-22-24-26-28-29-30-31-32-33-34-36-37-39-42-45-48-51-54-57-63(74)69(78)71-61(62(73)56-53-50-47-44-41-21-18-15-12-9-6-3)60-79-70-68(67(77)66(76)64(59-72)80-70)81-65(75)58-55-52-49-46-43-40-38-35-27-25-23-20-17-14-11-8-5-2/h8,11,17,20,25,27,38,40,46,49,53,56,61-64,66-68,70,72-74,76-77H,4-7,9-10,12-16,18-19,21-24,26,28-37,39,41-45,47-48,50-52,54-55,57-60H2,1-3H3,(H,71,78)/b11-8-,20-17-,27-25-,40-38-,49-46-,56-53+. The third-order valence-electron chi connectivity index (χ3n) is 15.6. The van der Waals surface area contributed by atoms with E-state index in [0.717, 1.165) is 70.6 Å². The Bertz CT molecular complexity index is 1590. The van der Waals surface area contributed by atoms with Crippen molar-refractivity contribution >= 4 is 11.9 Å². The van der Waals surface area contributed by atoms with Crippen molar-refractivity contribution in [3.8, 4) is 0 Å². The molecule has 0 aromatic rings. The van der Waals surface area contributed by atoms with Gasteiger partial charge in [0.15, 0.2) is 12.4 Å². The van der Waals surface area contributed by atoms with Crippen LogP contribution in [0.5, 0.6) is 0 Å². The van der Waals surface area contributed by atoms with E-state index in [-0.39, 0.29) is 19.4 Å².